The van der Waals surface area contributed by atoms with E-state index in [4.69, 9.17) is 5.73 Å². The summed E-state index contributed by atoms with van der Waals surface area (Å²) >= 11 is 0. The Hall–Kier alpha value is -1.22. The van der Waals surface area contributed by atoms with Gasteiger partial charge in [0.05, 0.1) is 11.4 Å². The maximum absolute atomic E-state index is 5.89. The number of nitrogens with one attached hydrogen (secondary N) is 1. The first kappa shape index (κ1) is 12.8. The van der Waals surface area contributed by atoms with Crippen molar-refractivity contribution in [2.45, 2.75) is 38.1 Å². The van der Waals surface area contributed by atoms with Gasteiger partial charge in [0.2, 0.25) is 0 Å². The fourth-order valence-electron chi connectivity index (χ4n) is 3.54. The number of nitrogens with zero attached hydrogens (tertiary/aromatic N) is 1. The molecule has 3 nitrogen and oxygen atoms in total. The second kappa shape index (κ2) is 5.83. The summed E-state index contributed by atoms with van der Waals surface area (Å²) in [6, 6.07) is 9.32. The van der Waals surface area contributed by atoms with E-state index in [1.807, 2.05) is 0 Å². The van der Waals surface area contributed by atoms with Gasteiger partial charge in [-0.15, -0.1) is 0 Å². The van der Waals surface area contributed by atoms with Gasteiger partial charge in [-0.05, 0) is 50.3 Å². The zero-order valence-electron chi connectivity index (χ0n) is 11.6. The Balaban J connectivity index is 1.76. The molecule has 0 amide bonds. The largest absolute Gasteiger partial charge is 0.380 e. The summed E-state index contributed by atoms with van der Waals surface area (Å²) in [6.07, 6.45) is 6.49. The standard InChI is InChI=1S/C16H25N3/c17-12-13-6-5-8-14(13)18-15-7-1-2-9-16(15)19-10-3-4-11-19/h1-2,7,9,13-14,18H,3-6,8,10-12,17H2. The number of hydrogen-bond acceptors (Lipinski definition) is 3. The second-order valence-corrected chi connectivity index (χ2v) is 5.89. The molecule has 3 N–H and O–H groups in total. The fraction of sp³-hybridized carbons (Fsp3) is 0.625. The molecule has 1 aliphatic carbocycles. The van der Waals surface area contributed by atoms with Crippen molar-refractivity contribution in [2.75, 3.05) is 29.9 Å². The Morgan fingerprint density at radius 1 is 1.11 bits per heavy atom. The molecule has 2 atom stereocenters. The molecule has 1 aromatic rings. The molecule has 3 heteroatoms. The van der Waals surface area contributed by atoms with Crippen molar-refractivity contribution in [1.29, 1.82) is 0 Å². The Morgan fingerprint density at radius 2 is 1.89 bits per heavy atom. The van der Waals surface area contributed by atoms with Gasteiger partial charge in [-0.1, -0.05) is 18.6 Å². The van der Waals surface area contributed by atoms with Crippen molar-refractivity contribution >= 4 is 11.4 Å². The first-order chi connectivity index (χ1) is 9.38. The Bertz CT molecular complexity index is 412. The number of para-hydroxylation sites is 2. The van der Waals surface area contributed by atoms with Crippen LogP contribution in [0.2, 0.25) is 0 Å². The lowest BCUT2D eigenvalue weighted by Gasteiger charge is -2.26. The minimum Gasteiger partial charge on any atom is -0.380 e. The summed E-state index contributed by atoms with van der Waals surface area (Å²) in [6.45, 7) is 3.21. The van der Waals surface area contributed by atoms with E-state index in [1.165, 1.54) is 56.6 Å². The van der Waals surface area contributed by atoms with Gasteiger partial charge in [-0.3, -0.25) is 0 Å². The minimum absolute atomic E-state index is 0.564. The molecule has 2 fully saturated rings. The van der Waals surface area contributed by atoms with Crippen molar-refractivity contribution in [3.63, 3.8) is 0 Å². The molecule has 0 radical (unpaired) electrons. The minimum atomic E-state index is 0.564. The predicted octanol–water partition coefficient (Wildman–Crippen LogP) is 2.83. The van der Waals surface area contributed by atoms with Gasteiger partial charge in [-0.2, -0.15) is 0 Å². The van der Waals surface area contributed by atoms with Gasteiger partial charge in [0.25, 0.3) is 0 Å². The molecule has 1 saturated heterocycles. The van der Waals surface area contributed by atoms with Gasteiger partial charge in [0.15, 0.2) is 0 Å². The van der Waals surface area contributed by atoms with Gasteiger partial charge in [0.1, 0.15) is 0 Å². The zero-order valence-corrected chi connectivity index (χ0v) is 11.6. The van der Waals surface area contributed by atoms with E-state index in [2.05, 4.69) is 34.5 Å². The van der Waals surface area contributed by atoms with Crippen LogP contribution in [0.5, 0.6) is 0 Å². The van der Waals surface area contributed by atoms with Crippen LogP contribution < -0.4 is 16.0 Å². The SMILES string of the molecule is NCC1CCCC1Nc1ccccc1N1CCCC1. The third kappa shape index (κ3) is 2.71. The summed E-state index contributed by atoms with van der Waals surface area (Å²) in [5, 5.41) is 3.77. The highest BCUT2D eigenvalue weighted by Gasteiger charge is 2.27. The van der Waals surface area contributed by atoms with E-state index in [0.717, 1.165) is 6.54 Å². The van der Waals surface area contributed by atoms with Crippen LogP contribution in [0.4, 0.5) is 11.4 Å². The fourth-order valence-corrected chi connectivity index (χ4v) is 3.54. The first-order valence-electron chi connectivity index (χ1n) is 7.69. The van der Waals surface area contributed by atoms with Crippen LogP contribution in [0, 0.1) is 5.92 Å². The molecule has 104 valence electrons. The molecule has 1 heterocycles. The maximum Gasteiger partial charge on any atom is 0.0602 e. The van der Waals surface area contributed by atoms with Crippen LogP contribution in [0.1, 0.15) is 32.1 Å². The van der Waals surface area contributed by atoms with Crippen LogP contribution in [-0.2, 0) is 0 Å². The Labute approximate surface area is 116 Å². The summed E-state index contributed by atoms with van der Waals surface area (Å²) < 4.78 is 0. The van der Waals surface area contributed by atoms with Crippen LogP contribution in [-0.4, -0.2) is 25.7 Å². The number of rotatable bonds is 4. The Kier molecular flexibility index (Phi) is 3.92. The van der Waals surface area contributed by atoms with Crippen molar-refractivity contribution in [2.24, 2.45) is 11.7 Å². The highest BCUT2D eigenvalue weighted by molar-refractivity contribution is 5.70. The average Bonchev–Trinajstić information content (AvgIpc) is 3.10. The molecule has 1 saturated carbocycles. The molecular formula is C16H25N3. The molecule has 0 bridgehead atoms. The molecular weight excluding hydrogens is 234 g/mol. The van der Waals surface area contributed by atoms with Crippen molar-refractivity contribution < 1.29 is 0 Å². The van der Waals surface area contributed by atoms with E-state index in [9.17, 15) is 0 Å². The lowest BCUT2D eigenvalue weighted by molar-refractivity contribution is 0.516. The molecule has 2 aliphatic rings. The maximum atomic E-state index is 5.89. The molecule has 19 heavy (non-hydrogen) atoms. The molecule has 0 spiro atoms. The van der Waals surface area contributed by atoms with E-state index in [-0.39, 0.29) is 0 Å². The molecule has 1 aliphatic heterocycles. The number of hydrogen-bond donors (Lipinski definition) is 2. The van der Waals surface area contributed by atoms with E-state index in [0.29, 0.717) is 12.0 Å². The van der Waals surface area contributed by atoms with Crippen LogP contribution in [0.15, 0.2) is 24.3 Å². The lowest BCUT2D eigenvalue weighted by Crippen LogP contribution is -2.30. The first-order valence-corrected chi connectivity index (χ1v) is 7.69. The number of anilines is 2. The number of benzene rings is 1. The smallest absolute Gasteiger partial charge is 0.0602 e. The van der Waals surface area contributed by atoms with Gasteiger partial charge in [0, 0.05) is 19.1 Å². The van der Waals surface area contributed by atoms with Crippen molar-refractivity contribution in [3.8, 4) is 0 Å². The van der Waals surface area contributed by atoms with E-state index >= 15 is 0 Å². The summed E-state index contributed by atoms with van der Waals surface area (Å²) in [5.74, 6) is 0.645. The summed E-state index contributed by atoms with van der Waals surface area (Å²) in [5.41, 5.74) is 8.57. The monoisotopic (exact) mass is 259 g/mol. The molecule has 0 aromatic heterocycles. The molecule has 1 aromatic carbocycles. The molecule has 2 unspecified atom stereocenters. The Morgan fingerprint density at radius 3 is 2.68 bits per heavy atom. The van der Waals surface area contributed by atoms with Crippen molar-refractivity contribution in [3.05, 3.63) is 24.3 Å². The van der Waals surface area contributed by atoms with E-state index in [1.54, 1.807) is 0 Å². The van der Waals surface area contributed by atoms with E-state index < -0.39 is 0 Å². The average molecular weight is 259 g/mol. The van der Waals surface area contributed by atoms with Gasteiger partial charge < -0.3 is 16.0 Å². The van der Waals surface area contributed by atoms with Crippen molar-refractivity contribution in [1.82, 2.24) is 0 Å². The third-order valence-corrected chi connectivity index (χ3v) is 4.65. The van der Waals surface area contributed by atoms with Gasteiger partial charge in [-0.25, -0.2) is 0 Å². The predicted molar refractivity (Wildman–Crippen MR) is 81.7 cm³/mol. The quantitative estimate of drug-likeness (QED) is 0.873. The topological polar surface area (TPSA) is 41.3 Å². The molecule has 3 rings (SSSR count). The normalized spacial score (nSPS) is 26.9. The van der Waals surface area contributed by atoms with Crippen LogP contribution in [0.3, 0.4) is 0 Å². The van der Waals surface area contributed by atoms with Gasteiger partial charge >= 0.3 is 0 Å². The highest BCUT2D eigenvalue weighted by atomic mass is 15.2. The highest BCUT2D eigenvalue weighted by Crippen LogP contribution is 2.33. The summed E-state index contributed by atoms with van der Waals surface area (Å²) in [4.78, 5) is 2.51. The second-order valence-electron chi connectivity index (χ2n) is 5.89. The van der Waals surface area contributed by atoms with Crippen LogP contribution in [0.25, 0.3) is 0 Å². The third-order valence-electron chi connectivity index (χ3n) is 4.65. The zero-order chi connectivity index (χ0) is 13.1. The van der Waals surface area contributed by atoms with Crippen LogP contribution >= 0.6 is 0 Å². The lowest BCUT2D eigenvalue weighted by atomic mass is 10.0. The summed E-state index contributed by atoms with van der Waals surface area (Å²) in [7, 11) is 0. The number of nitrogens with two attached hydrogens (primary N) is 1.